The Morgan fingerprint density at radius 3 is 3.06 bits per heavy atom. The van der Waals surface area contributed by atoms with Crippen LogP contribution in [0.1, 0.15) is 24.8 Å². The van der Waals surface area contributed by atoms with Crippen LogP contribution in [-0.4, -0.2) is 25.4 Å². The molecular weight excluding hydrogens is 228 g/mol. The van der Waals surface area contributed by atoms with Gasteiger partial charge >= 0.3 is 6.03 Å². The largest absolute Gasteiger partial charge is 0.358 e. The van der Waals surface area contributed by atoms with Crippen LogP contribution >= 0.6 is 0 Å². The molecule has 0 aromatic heterocycles. The van der Waals surface area contributed by atoms with Gasteiger partial charge in [0.25, 0.3) is 0 Å². The molecule has 1 saturated heterocycles. The summed E-state index contributed by atoms with van der Waals surface area (Å²) in [6.45, 7) is 1.54. The maximum absolute atomic E-state index is 12.3. The Labute approximate surface area is 107 Å². The average Bonchev–Trinajstić information content (AvgIpc) is 2.91. The van der Waals surface area contributed by atoms with Crippen molar-refractivity contribution >= 4 is 11.7 Å². The second kappa shape index (κ2) is 4.98. The maximum Gasteiger partial charge on any atom is 0.323 e. The van der Waals surface area contributed by atoms with E-state index in [9.17, 15) is 4.79 Å². The molecule has 1 atom stereocenters. The number of hydrogen-bond donors (Lipinski definition) is 1. The summed E-state index contributed by atoms with van der Waals surface area (Å²) in [6, 6.07) is 8.09. The highest BCUT2D eigenvalue weighted by Gasteiger charge is 2.25. The second-order valence-electron chi connectivity index (χ2n) is 4.84. The Bertz CT molecular complexity index is 441. The molecule has 0 spiro atoms. The van der Waals surface area contributed by atoms with Gasteiger partial charge in [0.1, 0.15) is 6.23 Å². The van der Waals surface area contributed by atoms with E-state index in [1.54, 1.807) is 0 Å². The van der Waals surface area contributed by atoms with E-state index in [4.69, 9.17) is 4.74 Å². The first-order chi connectivity index (χ1) is 8.84. The van der Waals surface area contributed by atoms with Crippen molar-refractivity contribution in [2.24, 2.45) is 0 Å². The number of nitrogens with one attached hydrogen (secondary N) is 1. The van der Waals surface area contributed by atoms with Gasteiger partial charge in [-0.3, -0.25) is 4.90 Å². The van der Waals surface area contributed by atoms with Gasteiger partial charge in [-0.05, 0) is 37.3 Å². The highest BCUT2D eigenvalue weighted by molar-refractivity contribution is 5.93. The van der Waals surface area contributed by atoms with Gasteiger partial charge in [-0.15, -0.1) is 0 Å². The van der Waals surface area contributed by atoms with E-state index < -0.39 is 0 Å². The number of ether oxygens (including phenoxy) is 1. The summed E-state index contributed by atoms with van der Waals surface area (Å²) in [5.74, 6) is 0. The lowest BCUT2D eigenvalue weighted by Gasteiger charge is -2.30. The summed E-state index contributed by atoms with van der Waals surface area (Å²) < 4.78 is 5.44. The molecule has 2 aliphatic heterocycles. The van der Waals surface area contributed by atoms with Crippen LogP contribution in [0.25, 0.3) is 0 Å². The normalized spacial score (nSPS) is 22.7. The van der Waals surface area contributed by atoms with Crippen molar-refractivity contribution in [3.8, 4) is 0 Å². The lowest BCUT2D eigenvalue weighted by atomic mass is 10.0. The minimum atomic E-state index is -0.105. The molecule has 3 rings (SSSR count). The number of urea groups is 1. The molecule has 96 valence electrons. The number of nitrogens with zero attached hydrogens (tertiary/aromatic N) is 1. The van der Waals surface area contributed by atoms with Gasteiger partial charge in [-0.2, -0.15) is 0 Å². The lowest BCUT2D eigenvalue weighted by Crippen LogP contribution is -2.46. The summed E-state index contributed by atoms with van der Waals surface area (Å²) >= 11 is 0. The number of carbonyl (C=O) groups is 1. The molecule has 4 heteroatoms. The number of amides is 2. The number of benzene rings is 1. The van der Waals surface area contributed by atoms with E-state index in [1.165, 1.54) is 5.56 Å². The fourth-order valence-electron chi connectivity index (χ4n) is 2.65. The SMILES string of the molecule is O=C(NC1CCCO1)N1CCCc2ccccc21. The van der Waals surface area contributed by atoms with Crippen LogP contribution in [0.3, 0.4) is 0 Å². The molecule has 1 aromatic carbocycles. The van der Waals surface area contributed by atoms with Crippen LogP contribution in [-0.2, 0) is 11.2 Å². The van der Waals surface area contributed by atoms with Crippen LogP contribution in [0.4, 0.5) is 10.5 Å². The predicted molar refractivity (Wildman–Crippen MR) is 69.6 cm³/mol. The summed E-state index contributed by atoms with van der Waals surface area (Å²) in [5, 5.41) is 2.95. The number of carbonyl (C=O) groups excluding carboxylic acids is 1. The fraction of sp³-hybridized carbons (Fsp3) is 0.500. The summed E-state index contributed by atoms with van der Waals surface area (Å²) in [4.78, 5) is 14.1. The van der Waals surface area contributed by atoms with Gasteiger partial charge in [-0.1, -0.05) is 18.2 Å². The molecule has 1 fully saturated rings. The molecule has 2 aliphatic rings. The minimum absolute atomic E-state index is 0.0333. The topological polar surface area (TPSA) is 41.6 Å². The zero-order valence-corrected chi connectivity index (χ0v) is 10.4. The average molecular weight is 246 g/mol. The first kappa shape index (κ1) is 11.5. The molecule has 4 nitrogen and oxygen atoms in total. The fourth-order valence-corrected chi connectivity index (χ4v) is 2.65. The molecule has 0 aliphatic carbocycles. The standard InChI is InChI=1S/C14H18N2O2/c17-14(15-13-8-4-10-18-13)16-9-3-6-11-5-1-2-7-12(11)16/h1-2,5,7,13H,3-4,6,8-10H2,(H,15,17). The van der Waals surface area contributed by atoms with E-state index in [0.717, 1.165) is 44.5 Å². The smallest absolute Gasteiger partial charge is 0.323 e. The van der Waals surface area contributed by atoms with Gasteiger partial charge in [0.05, 0.1) is 0 Å². The first-order valence-corrected chi connectivity index (χ1v) is 6.62. The molecule has 0 saturated carbocycles. The van der Waals surface area contributed by atoms with Gasteiger partial charge in [-0.25, -0.2) is 4.79 Å². The van der Waals surface area contributed by atoms with Gasteiger partial charge in [0.15, 0.2) is 0 Å². The van der Waals surface area contributed by atoms with E-state index in [1.807, 2.05) is 23.1 Å². The van der Waals surface area contributed by atoms with E-state index in [0.29, 0.717) is 0 Å². The molecule has 1 aromatic rings. The van der Waals surface area contributed by atoms with Crippen molar-refractivity contribution < 1.29 is 9.53 Å². The number of fused-ring (bicyclic) bond motifs is 1. The Hall–Kier alpha value is -1.55. The van der Waals surface area contributed by atoms with Gasteiger partial charge < -0.3 is 10.1 Å². The van der Waals surface area contributed by atoms with Crippen molar-refractivity contribution in [2.45, 2.75) is 31.9 Å². The summed E-state index contributed by atoms with van der Waals surface area (Å²) in [6.07, 6.45) is 3.92. The van der Waals surface area contributed by atoms with Crippen molar-refractivity contribution in [2.75, 3.05) is 18.1 Å². The van der Waals surface area contributed by atoms with Crippen LogP contribution in [0.15, 0.2) is 24.3 Å². The maximum atomic E-state index is 12.3. The third-order valence-corrected chi connectivity index (χ3v) is 3.57. The summed E-state index contributed by atoms with van der Waals surface area (Å²) in [5.41, 5.74) is 2.30. The van der Waals surface area contributed by atoms with Crippen LogP contribution < -0.4 is 10.2 Å². The van der Waals surface area contributed by atoms with Crippen molar-refractivity contribution in [1.82, 2.24) is 5.32 Å². The molecular formula is C14H18N2O2. The summed E-state index contributed by atoms with van der Waals surface area (Å²) in [7, 11) is 0. The number of hydrogen-bond acceptors (Lipinski definition) is 2. The van der Waals surface area contributed by atoms with Crippen LogP contribution in [0, 0.1) is 0 Å². The van der Waals surface area contributed by atoms with Crippen LogP contribution in [0.2, 0.25) is 0 Å². The number of rotatable bonds is 1. The van der Waals surface area contributed by atoms with Crippen molar-refractivity contribution in [3.05, 3.63) is 29.8 Å². The van der Waals surface area contributed by atoms with Crippen molar-refractivity contribution in [1.29, 1.82) is 0 Å². The molecule has 2 amide bonds. The van der Waals surface area contributed by atoms with E-state index in [2.05, 4.69) is 11.4 Å². The number of aryl methyl sites for hydroxylation is 1. The second-order valence-corrected chi connectivity index (χ2v) is 4.84. The monoisotopic (exact) mass is 246 g/mol. The zero-order chi connectivity index (χ0) is 12.4. The van der Waals surface area contributed by atoms with Gasteiger partial charge in [0.2, 0.25) is 0 Å². The van der Waals surface area contributed by atoms with Gasteiger partial charge in [0, 0.05) is 18.8 Å². The lowest BCUT2D eigenvalue weighted by molar-refractivity contribution is 0.0917. The molecule has 18 heavy (non-hydrogen) atoms. The molecule has 2 heterocycles. The molecule has 1 unspecified atom stereocenters. The molecule has 0 bridgehead atoms. The Balaban J connectivity index is 1.74. The minimum Gasteiger partial charge on any atom is -0.358 e. The van der Waals surface area contributed by atoms with E-state index >= 15 is 0 Å². The highest BCUT2D eigenvalue weighted by atomic mass is 16.5. The third-order valence-electron chi connectivity index (χ3n) is 3.57. The Morgan fingerprint density at radius 1 is 1.33 bits per heavy atom. The van der Waals surface area contributed by atoms with Crippen LogP contribution in [0.5, 0.6) is 0 Å². The zero-order valence-electron chi connectivity index (χ0n) is 10.4. The quantitative estimate of drug-likeness (QED) is 0.826. The van der Waals surface area contributed by atoms with Crippen molar-refractivity contribution in [3.63, 3.8) is 0 Å². The molecule has 1 N–H and O–H groups in total. The first-order valence-electron chi connectivity index (χ1n) is 6.62. The highest BCUT2D eigenvalue weighted by Crippen LogP contribution is 2.26. The number of anilines is 1. The molecule has 0 radical (unpaired) electrons. The Kier molecular flexibility index (Phi) is 3.19. The number of para-hydroxylation sites is 1. The Morgan fingerprint density at radius 2 is 2.22 bits per heavy atom. The predicted octanol–water partition coefficient (Wildman–Crippen LogP) is 2.29. The van der Waals surface area contributed by atoms with E-state index in [-0.39, 0.29) is 12.3 Å². The third kappa shape index (κ3) is 2.20.